The van der Waals surface area contributed by atoms with Gasteiger partial charge in [0.1, 0.15) is 0 Å². The van der Waals surface area contributed by atoms with Gasteiger partial charge in [-0.1, -0.05) is 20.4 Å². The van der Waals surface area contributed by atoms with Gasteiger partial charge in [0, 0.05) is 23.2 Å². The first-order valence-corrected chi connectivity index (χ1v) is 9.66. The molecule has 1 spiro atoms. The Balaban J connectivity index is 2.07. The molecule has 0 aromatic heterocycles. The van der Waals surface area contributed by atoms with Crippen molar-refractivity contribution in [1.29, 1.82) is 0 Å². The lowest BCUT2D eigenvalue weighted by Gasteiger charge is -2.50. The molecule has 26 heavy (non-hydrogen) atoms. The first kappa shape index (κ1) is 20.2. The minimum atomic E-state index is -1.22. The van der Waals surface area contributed by atoms with E-state index in [1.165, 1.54) is 0 Å². The summed E-state index contributed by atoms with van der Waals surface area (Å²) in [7, 11) is 0. The van der Waals surface area contributed by atoms with Gasteiger partial charge in [0.2, 0.25) is 0 Å². The molecule has 3 saturated carbocycles. The number of aliphatic hydroxyl groups is 6. The average Bonchev–Trinajstić information content (AvgIpc) is 2.65. The smallest absolute Gasteiger partial charge is 0.0874 e. The van der Waals surface area contributed by atoms with E-state index in [1.807, 2.05) is 0 Å². The Hall–Kier alpha value is -0.500. The van der Waals surface area contributed by atoms with Crippen LogP contribution in [-0.4, -0.2) is 66.8 Å². The molecule has 2 bridgehead atoms. The summed E-state index contributed by atoms with van der Waals surface area (Å²) < 4.78 is 0. The van der Waals surface area contributed by atoms with Crippen LogP contribution in [0.25, 0.3) is 0 Å². The Morgan fingerprint density at radius 3 is 2.19 bits per heavy atom. The molecule has 6 heteroatoms. The molecule has 6 N–H and O–H groups in total. The normalized spacial score (nSPS) is 54.7. The standard InChI is InChI=1S/C20H34O6/c1-10-11-5-6-12-16(24)20(11,9-19(12,4)26)8-14(22)17(25)18(2,3)15(23)7-13(10)21/h11-17,21-26H,1,5-9H2,2-4H3/t11-,12+,13+,14+,15-,16+,17+,19+,20-/m0/s1. The summed E-state index contributed by atoms with van der Waals surface area (Å²) in [6, 6.07) is 0. The van der Waals surface area contributed by atoms with Crippen LogP contribution in [0, 0.1) is 22.7 Å². The Bertz CT molecular complexity index is 573. The SMILES string of the molecule is C=C1[C@H](O)C[C@H](O)C(C)(C)[C@H](O)[C@H](O)C[C@]23C[C@@](C)(O)[C@H](CC[C@@H]12)[C@H]3O. The minimum absolute atomic E-state index is 0.0120. The second kappa shape index (κ2) is 6.26. The molecule has 0 amide bonds. The molecule has 6 nitrogen and oxygen atoms in total. The summed E-state index contributed by atoms with van der Waals surface area (Å²) in [6.45, 7) is 9.10. The van der Waals surface area contributed by atoms with Crippen molar-refractivity contribution >= 4 is 0 Å². The lowest BCUT2D eigenvalue weighted by atomic mass is 9.58. The van der Waals surface area contributed by atoms with E-state index in [4.69, 9.17) is 0 Å². The fraction of sp³-hybridized carbons (Fsp3) is 0.900. The maximum atomic E-state index is 11.1. The Labute approximate surface area is 155 Å². The topological polar surface area (TPSA) is 121 Å². The predicted molar refractivity (Wildman–Crippen MR) is 96.1 cm³/mol. The van der Waals surface area contributed by atoms with Crippen LogP contribution in [0.2, 0.25) is 0 Å². The number of hydrogen-bond donors (Lipinski definition) is 6. The van der Waals surface area contributed by atoms with Crippen molar-refractivity contribution in [3.8, 4) is 0 Å². The van der Waals surface area contributed by atoms with Crippen LogP contribution in [-0.2, 0) is 0 Å². The van der Waals surface area contributed by atoms with E-state index >= 15 is 0 Å². The van der Waals surface area contributed by atoms with Crippen molar-refractivity contribution in [2.75, 3.05) is 0 Å². The highest BCUT2D eigenvalue weighted by atomic mass is 16.3. The number of hydrogen-bond acceptors (Lipinski definition) is 6. The molecule has 3 rings (SSSR count). The molecule has 0 unspecified atom stereocenters. The molecule has 0 aromatic rings. The summed E-state index contributed by atoms with van der Waals surface area (Å²) in [6.07, 6.45) is -3.55. The fourth-order valence-corrected chi connectivity index (χ4v) is 6.06. The molecule has 0 saturated heterocycles. The monoisotopic (exact) mass is 370 g/mol. The van der Waals surface area contributed by atoms with Crippen molar-refractivity contribution in [3.63, 3.8) is 0 Å². The summed E-state index contributed by atoms with van der Waals surface area (Å²) in [5, 5.41) is 64.7. The number of aliphatic hydroxyl groups excluding tert-OH is 5. The number of fused-ring (bicyclic) bond motifs is 1. The van der Waals surface area contributed by atoms with Crippen LogP contribution in [0.5, 0.6) is 0 Å². The molecule has 0 radical (unpaired) electrons. The first-order chi connectivity index (χ1) is 11.8. The molecular weight excluding hydrogens is 336 g/mol. The third-order valence-corrected chi connectivity index (χ3v) is 7.81. The van der Waals surface area contributed by atoms with Crippen LogP contribution >= 0.6 is 0 Å². The van der Waals surface area contributed by atoms with E-state index in [9.17, 15) is 30.6 Å². The molecule has 0 aliphatic heterocycles. The highest BCUT2D eigenvalue weighted by Crippen LogP contribution is 2.63. The maximum absolute atomic E-state index is 11.1. The second-order valence-electron chi connectivity index (χ2n) is 9.83. The van der Waals surface area contributed by atoms with Crippen LogP contribution in [0.3, 0.4) is 0 Å². The lowest BCUT2D eigenvalue weighted by molar-refractivity contribution is -0.145. The second-order valence-corrected chi connectivity index (χ2v) is 9.83. The minimum Gasteiger partial charge on any atom is -0.392 e. The van der Waals surface area contributed by atoms with Crippen molar-refractivity contribution in [2.45, 2.75) is 89.0 Å². The zero-order valence-corrected chi connectivity index (χ0v) is 16.0. The highest BCUT2D eigenvalue weighted by molar-refractivity contribution is 5.23. The summed E-state index contributed by atoms with van der Waals surface area (Å²) in [5.74, 6) is -0.581. The first-order valence-electron chi connectivity index (χ1n) is 9.66. The van der Waals surface area contributed by atoms with Crippen LogP contribution < -0.4 is 0 Å². The highest BCUT2D eigenvalue weighted by Gasteiger charge is 2.65. The molecule has 3 aliphatic carbocycles. The van der Waals surface area contributed by atoms with E-state index in [-0.39, 0.29) is 31.1 Å². The van der Waals surface area contributed by atoms with E-state index in [0.29, 0.717) is 18.4 Å². The molecule has 9 atom stereocenters. The van der Waals surface area contributed by atoms with Gasteiger partial charge in [-0.3, -0.25) is 0 Å². The van der Waals surface area contributed by atoms with Crippen molar-refractivity contribution in [2.24, 2.45) is 22.7 Å². The quantitative estimate of drug-likeness (QED) is 0.342. The third-order valence-electron chi connectivity index (χ3n) is 7.81. The summed E-state index contributed by atoms with van der Waals surface area (Å²) in [4.78, 5) is 0. The zero-order chi connectivity index (χ0) is 19.7. The Morgan fingerprint density at radius 1 is 0.962 bits per heavy atom. The largest absolute Gasteiger partial charge is 0.392 e. The van der Waals surface area contributed by atoms with Crippen LogP contribution in [0.15, 0.2) is 12.2 Å². The third kappa shape index (κ3) is 2.77. The van der Waals surface area contributed by atoms with Gasteiger partial charge in [0.25, 0.3) is 0 Å². The van der Waals surface area contributed by atoms with Crippen LogP contribution in [0.4, 0.5) is 0 Å². The van der Waals surface area contributed by atoms with Gasteiger partial charge in [-0.05, 0) is 44.1 Å². The molecule has 3 fully saturated rings. The molecular formula is C20H34O6. The zero-order valence-electron chi connectivity index (χ0n) is 16.0. The van der Waals surface area contributed by atoms with Crippen molar-refractivity contribution in [3.05, 3.63) is 12.2 Å². The Morgan fingerprint density at radius 2 is 1.58 bits per heavy atom. The van der Waals surface area contributed by atoms with Gasteiger partial charge in [-0.2, -0.15) is 0 Å². The molecule has 0 aromatic carbocycles. The summed E-state index contributed by atoms with van der Waals surface area (Å²) >= 11 is 0. The lowest BCUT2D eigenvalue weighted by Crippen LogP contribution is -2.54. The summed E-state index contributed by atoms with van der Waals surface area (Å²) in [5.41, 5.74) is -2.41. The fourth-order valence-electron chi connectivity index (χ4n) is 6.06. The molecule has 150 valence electrons. The van der Waals surface area contributed by atoms with Crippen LogP contribution in [0.1, 0.15) is 52.9 Å². The predicted octanol–water partition coefficient (Wildman–Crippen LogP) is 0.334. The van der Waals surface area contributed by atoms with Gasteiger partial charge in [0.05, 0.1) is 36.1 Å². The van der Waals surface area contributed by atoms with Gasteiger partial charge in [-0.25, -0.2) is 0 Å². The van der Waals surface area contributed by atoms with E-state index in [0.717, 1.165) is 0 Å². The van der Waals surface area contributed by atoms with Gasteiger partial charge < -0.3 is 30.6 Å². The molecule has 3 aliphatic rings. The van der Waals surface area contributed by atoms with Gasteiger partial charge in [-0.15, -0.1) is 0 Å². The molecule has 0 heterocycles. The number of rotatable bonds is 0. The van der Waals surface area contributed by atoms with E-state index in [2.05, 4.69) is 6.58 Å². The van der Waals surface area contributed by atoms with Crippen molar-refractivity contribution in [1.82, 2.24) is 0 Å². The van der Waals surface area contributed by atoms with Gasteiger partial charge >= 0.3 is 0 Å². The van der Waals surface area contributed by atoms with E-state index in [1.54, 1.807) is 20.8 Å². The Kier molecular flexibility index (Phi) is 4.87. The van der Waals surface area contributed by atoms with E-state index < -0.39 is 47.0 Å². The maximum Gasteiger partial charge on any atom is 0.0874 e. The average molecular weight is 370 g/mol. The van der Waals surface area contributed by atoms with Crippen molar-refractivity contribution < 1.29 is 30.6 Å². The van der Waals surface area contributed by atoms with Gasteiger partial charge in [0.15, 0.2) is 0 Å².